The van der Waals surface area contributed by atoms with Gasteiger partial charge in [0.1, 0.15) is 0 Å². The minimum absolute atomic E-state index is 0.360. The first-order chi connectivity index (χ1) is 9.83. The highest BCUT2D eigenvalue weighted by Crippen LogP contribution is 2.33. The van der Waals surface area contributed by atoms with Gasteiger partial charge < -0.3 is 0 Å². The number of hydrogen-bond acceptors (Lipinski definition) is 1. The molecule has 1 aromatic rings. The Bertz CT molecular complexity index is 506. The monoisotopic (exact) mass is 268 g/mol. The third-order valence-corrected chi connectivity index (χ3v) is 4.79. The summed E-state index contributed by atoms with van der Waals surface area (Å²) in [7, 11) is 0. The van der Waals surface area contributed by atoms with Crippen LogP contribution in [0.3, 0.4) is 0 Å². The standard InChI is InChI=1S/C19H24O/c20-19-12-5-4-10-18(19)14-15-7-6-11-17(13-15)16-8-2-1-3-9-16/h6-7,11,13-14,16H,1-5,8-10,12H2. The van der Waals surface area contributed by atoms with Gasteiger partial charge in [-0.1, -0.05) is 43.5 Å². The smallest absolute Gasteiger partial charge is 0.158 e. The van der Waals surface area contributed by atoms with Crippen LogP contribution in [0.15, 0.2) is 29.8 Å². The molecule has 0 aliphatic heterocycles. The molecule has 106 valence electrons. The third-order valence-electron chi connectivity index (χ3n) is 4.79. The molecule has 0 N–H and O–H groups in total. The molecule has 0 bridgehead atoms. The topological polar surface area (TPSA) is 17.1 Å². The molecule has 1 aromatic carbocycles. The van der Waals surface area contributed by atoms with Crippen LogP contribution in [0, 0.1) is 0 Å². The summed E-state index contributed by atoms with van der Waals surface area (Å²) in [5, 5.41) is 0. The summed E-state index contributed by atoms with van der Waals surface area (Å²) in [6.45, 7) is 0. The van der Waals surface area contributed by atoms with E-state index in [-0.39, 0.29) is 0 Å². The molecule has 0 aromatic heterocycles. The molecule has 2 fully saturated rings. The number of Topliss-reactive ketones (excluding diaryl/α,β-unsaturated/α-hetero) is 1. The summed E-state index contributed by atoms with van der Waals surface area (Å²) in [6.07, 6.45) is 12.9. The first kappa shape index (κ1) is 13.6. The molecule has 2 aliphatic rings. The van der Waals surface area contributed by atoms with E-state index in [1.807, 2.05) is 0 Å². The van der Waals surface area contributed by atoms with E-state index in [9.17, 15) is 4.79 Å². The van der Waals surface area contributed by atoms with Gasteiger partial charge in [0.2, 0.25) is 0 Å². The Kier molecular flexibility index (Phi) is 4.34. The maximum Gasteiger partial charge on any atom is 0.158 e. The molecule has 0 amide bonds. The number of carbonyl (C=O) groups is 1. The minimum atomic E-state index is 0.360. The maximum atomic E-state index is 11.9. The van der Waals surface area contributed by atoms with Crippen molar-refractivity contribution in [2.45, 2.75) is 63.7 Å². The van der Waals surface area contributed by atoms with E-state index in [1.54, 1.807) is 0 Å². The maximum absolute atomic E-state index is 11.9. The van der Waals surface area contributed by atoms with Crippen LogP contribution in [-0.2, 0) is 4.79 Å². The second-order valence-electron chi connectivity index (χ2n) is 6.30. The summed E-state index contributed by atoms with van der Waals surface area (Å²) >= 11 is 0. The van der Waals surface area contributed by atoms with E-state index < -0.39 is 0 Å². The SMILES string of the molecule is O=C1CCCCC1=Cc1cccc(C2CCCCC2)c1. The van der Waals surface area contributed by atoms with E-state index in [0.29, 0.717) is 5.78 Å². The average molecular weight is 268 g/mol. The van der Waals surface area contributed by atoms with Crippen molar-refractivity contribution in [1.29, 1.82) is 0 Å². The summed E-state index contributed by atoms with van der Waals surface area (Å²) in [5.74, 6) is 1.10. The number of hydrogen-bond donors (Lipinski definition) is 0. The molecule has 0 atom stereocenters. The van der Waals surface area contributed by atoms with Crippen molar-refractivity contribution in [1.82, 2.24) is 0 Å². The van der Waals surface area contributed by atoms with Crippen LogP contribution < -0.4 is 0 Å². The van der Waals surface area contributed by atoms with Gasteiger partial charge in [-0.15, -0.1) is 0 Å². The highest BCUT2D eigenvalue weighted by atomic mass is 16.1. The summed E-state index contributed by atoms with van der Waals surface area (Å²) in [5.41, 5.74) is 3.73. The molecule has 20 heavy (non-hydrogen) atoms. The Hall–Kier alpha value is -1.37. The molecular weight excluding hydrogens is 244 g/mol. The van der Waals surface area contributed by atoms with Crippen LogP contribution in [0.2, 0.25) is 0 Å². The molecular formula is C19H24O. The normalized spacial score (nSPS) is 23.2. The van der Waals surface area contributed by atoms with Crippen molar-refractivity contribution < 1.29 is 4.79 Å². The third kappa shape index (κ3) is 3.20. The molecule has 1 heteroatoms. The van der Waals surface area contributed by atoms with E-state index in [2.05, 4.69) is 30.3 Å². The molecule has 0 spiro atoms. The number of rotatable bonds is 2. The van der Waals surface area contributed by atoms with Crippen LogP contribution in [0.4, 0.5) is 0 Å². The second kappa shape index (κ2) is 6.39. The van der Waals surface area contributed by atoms with Crippen molar-refractivity contribution in [3.8, 4) is 0 Å². The molecule has 1 nitrogen and oxygen atoms in total. The van der Waals surface area contributed by atoms with E-state index in [0.717, 1.165) is 30.8 Å². The van der Waals surface area contributed by atoms with Crippen LogP contribution >= 0.6 is 0 Å². The summed E-state index contributed by atoms with van der Waals surface area (Å²) < 4.78 is 0. The largest absolute Gasteiger partial charge is 0.295 e. The lowest BCUT2D eigenvalue weighted by Crippen LogP contribution is -2.08. The Labute approximate surface area is 122 Å². The Morgan fingerprint density at radius 3 is 2.55 bits per heavy atom. The quantitative estimate of drug-likeness (QED) is 0.668. The van der Waals surface area contributed by atoms with E-state index in [1.165, 1.54) is 49.7 Å². The molecule has 0 radical (unpaired) electrons. The fraction of sp³-hybridized carbons (Fsp3) is 0.526. The second-order valence-corrected chi connectivity index (χ2v) is 6.30. The van der Waals surface area contributed by atoms with Crippen molar-refractivity contribution >= 4 is 11.9 Å². The number of carbonyl (C=O) groups excluding carboxylic acids is 1. The lowest BCUT2D eigenvalue weighted by Gasteiger charge is -2.22. The molecule has 0 unspecified atom stereocenters. The summed E-state index contributed by atoms with van der Waals surface area (Å²) in [4.78, 5) is 11.9. The van der Waals surface area contributed by atoms with Gasteiger partial charge in [-0.05, 0) is 60.8 Å². The first-order valence-electron chi connectivity index (χ1n) is 8.17. The molecule has 2 saturated carbocycles. The zero-order valence-electron chi connectivity index (χ0n) is 12.2. The van der Waals surface area contributed by atoms with Gasteiger partial charge in [-0.2, -0.15) is 0 Å². The Balaban J connectivity index is 1.80. The van der Waals surface area contributed by atoms with Crippen LogP contribution in [-0.4, -0.2) is 5.78 Å². The van der Waals surface area contributed by atoms with Crippen molar-refractivity contribution in [2.75, 3.05) is 0 Å². The average Bonchev–Trinajstić information content (AvgIpc) is 2.51. The van der Waals surface area contributed by atoms with Gasteiger partial charge in [0.25, 0.3) is 0 Å². The van der Waals surface area contributed by atoms with Gasteiger partial charge in [-0.25, -0.2) is 0 Å². The first-order valence-corrected chi connectivity index (χ1v) is 8.17. The highest BCUT2D eigenvalue weighted by molar-refractivity contribution is 6.00. The van der Waals surface area contributed by atoms with Crippen LogP contribution in [0.1, 0.15) is 74.8 Å². The molecule has 0 saturated heterocycles. The molecule has 0 heterocycles. The number of ketones is 1. The van der Waals surface area contributed by atoms with Crippen LogP contribution in [0.5, 0.6) is 0 Å². The lowest BCUT2D eigenvalue weighted by atomic mass is 9.83. The number of allylic oxidation sites excluding steroid dienone is 1. The van der Waals surface area contributed by atoms with Gasteiger partial charge in [-0.3, -0.25) is 4.79 Å². The van der Waals surface area contributed by atoms with E-state index >= 15 is 0 Å². The van der Waals surface area contributed by atoms with Gasteiger partial charge in [0.15, 0.2) is 5.78 Å². The number of benzene rings is 1. The molecule has 3 rings (SSSR count). The van der Waals surface area contributed by atoms with Gasteiger partial charge in [0.05, 0.1) is 0 Å². The predicted molar refractivity (Wildman–Crippen MR) is 83.7 cm³/mol. The molecule has 2 aliphatic carbocycles. The zero-order valence-corrected chi connectivity index (χ0v) is 12.2. The fourth-order valence-electron chi connectivity index (χ4n) is 3.59. The van der Waals surface area contributed by atoms with Crippen molar-refractivity contribution in [3.05, 3.63) is 41.0 Å². The van der Waals surface area contributed by atoms with Gasteiger partial charge >= 0.3 is 0 Å². The Morgan fingerprint density at radius 2 is 1.75 bits per heavy atom. The van der Waals surface area contributed by atoms with Crippen molar-refractivity contribution in [2.24, 2.45) is 0 Å². The predicted octanol–water partition coefficient (Wildman–Crippen LogP) is 5.26. The fourth-order valence-corrected chi connectivity index (χ4v) is 3.59. The van der Waals surface area contributed by atoms with Crippen LogP contribution in [0.25, 0.3) is 6.08 Å². The summed E-state index contributed by atoms with van der Waals surface area (Å²) in [6, 6.07) is 8.87. The Morgan fingerprint density at radius 1 is 0.950 bits per heavy atom. The zero-order chi connectivity index (χ0) is 13.8. The lowest BCUT2D eigenvalue weighted by molar-refractivity contribution is -0.116. The van der Waals surface area contributed by atoms with Crippen molar-refractivity contribution in [3.63, 3.8) is 0 Å². The highest BCUT2D eigenvalue weighted by Gasteiger charge is 2.17. The van der Waals surface area contributed by atoms with Gasteiger partial charge in [0, 0.05) is 6.42 Å². The minimum Gasteiger partial charge on any atom is -0.295 e. The van der Waals surface area contributed by atoms with E-state index in [4.69, 9.17) is 0 Å².